The van der Waals surface area contributed by atoms with E-state index in [4.69, 9.17) is 16.3 Å². The molecule has 5 heteroatoms. The molecular weight excluding hydrogens is 366 g/mol. The van der Waals surface area contributed by atoms with Crippen LogP contribution >= 0.6 is 27.5 Å². The van der Waals surface area contributed by atoms with Gasteiger partial charge in [0.15, 0.2) is 6.61 Å². The van der Waals surface area contributed by atoms with E-state index in [2.05, 4.69) is 28.2 Å². The van der Waals surface area contributed by atoms with Gasteiger partial charge in [-0.25, -0.2) is 0 Å². The first-order valence-electron chi connectivity index (χ1n) is 6.97. The predicted molar refractivity (Wildman–Crippen MR) is 93.8 cm³/mol. The Kier molecular flexibility index (Phi) is 5.86. The number of carbonyl (C=O) groups excluding carboxylic acids is 1. The van der Waals surface area contributed by atoms with Crippen LogP contribution in [-0.4, -0.2) is 12.5 Å². The lowest BCUT2D eigenvalue weighted by Gasteiger charge is -2.14. The average molecular weight is 383 g/mol. The van der Waals surface area contributed by atoms with Crippen LogP contribution in [0.3, 0.4) is 0 Å². The van der Waals surface area contributed by atoms with Gasteiger partial charge in [-0.3, -0.25) is 4.79 Å². The van der Waals surface area contributed by atoms with Crippen LogP contribution in [0, 0.1) is 6.92 Å². The monoisotopic (exact) mass is 381 g/mol. The molecule has 0 saturated heterocycles. The standard InChI is InChI=1S/C17H17BrClNO2/c1-3-12-9-13(18)8-11(2)17(12)20-16(21)10-22-15-7-5-4-6-14(15)19/h4-9H,3,10H2,1-2H3,(H,20,21). The Bertz CT molecular complexity index is 688. The molecule has 0 aliphatic carbocycles. The Hall–Kier alpha value is -1.52. The Morgan fingerprint density at radius 3 is 2.73 bits per heavy atom. The van der Waals surface area contributed by atoms with Gasteiger partial charge in [-0.2, -0.15) is 0 Å². The molecule has 1 N–H and O–H groups in total. The van der Waals surface area contributed by atoms with Crippen molar-refractivity contribution in [1.82, 2.24) is 0 Å². The third kappa shape index (κ3) is 4.24. The first kappa shape index (κ1) is 16.8. The highest BCUT2D eigenvalue weighted by Crippen LogP contribution is 2.27. The van der Waals surface area contributed by atoms with Gasteiger partial charge in [0, 0.05) is 10.2 Å². The van der Waals surface area contributed by atoms with Crippen LogP contribution in [0.15, 0.2) is 40.9 Å². The van der Waals surface area contributed by atoms with Crippen molar-refractivity contribution in [2.24, 2.45) is 0 Å². The van der Waals surface area contributed by atoms with E-state index >= 15 is 0 Å². The molecule has 0 spiro atoms. The molecule has 0 saturated carbocycles. The van der Waals surface area contributed by atoms with Crippen molar-refractivity contribution in [3.8, 4) is 5.75 Å². The lowest BCUT2D eigenvalue weighted by molar-refractivity contribution is -0.118. The molecule has 3 nitrogen and oxygen atoms in total. The zero-order valence-electron chi connectivity index (χ0n) is 12.5. The molecule has 0 heterocycles. The quantitative estimate of drug-likeness (QED) is 0.791. The fourth-order valence-electron chi connectivity index (χ4n) is 2.15. The third-order valence-electron chi connectivity index (χ3n) is 3.22. The van der Waals surface area contributed by atoms with E-state index in [-0.39, 0.29) is 12.5 Å². The molecule has 2 rings (SSSR count). The average Bonchev–Trinajstić information content (AvgIpc) is 2.49. The summed E-state index contributed by atoms with van der Waals surface area (Å²) in [6, 6.07) is 11.1. The van der Waals surface area contributed by atoms with Gasteiger partial charge < -0.3 is 10.1 Å². The van der Waals surface area contributed by atoms with E-state index in [0.29, 0.717) is 10.8 Å². The highest BCUT2D eigenvalue weighted by Gasteiger charge is 2.11. The molecule has 22 heavy (non-hydrogen) atoms. The number of hydrogen-bond acceptors (Lipinski definition) is 2. The van der Waals surface area contributed by atoms with Crippen LogP contribution in [0.1, 0.15) is 18.1 Å². The van der Waals surface area contributed by atoms with Gasteiger partial charge in [0.1, 0.15) is 5.75 Å². The number of rotatable bonds is 5. The third-order valence-corrected chi connectivity index (χ3v) is 3.99. The number of nitrogens with one attached hydrogen (secondary N) is 1. The SMILES string of the molecule is CCc1cc(Br)cc(C)c1NC(=O)COc1ccccc1Cl. The van der Waals surface area contributed by atoms with Crippen molar-refractivity contribution in [3.05, 3.63) is 57.0 Å². The van der Waals surface area contributed by atoms with Crippen LogP contribution in [0.5, 0.6) is 5.75 Å². The van der Waals surface area contributed by atoms with Crippen LogP contribution in [0.25, 0.3) is 0 Å². The summed E-state index contributed by atoms with van der Waals surface area (Å²) >= 11 is 9.47. The number of amides is 1. The molecule has 1 amide bonds. The minimum absolute atomic E-state index is 0.0810. The lowest BCUT2D eigenvalue weighted by Crippen LogP contribution is -2.21. The Morgan fingerprint density at radius 1 is 1.32 bits per heavy atom. The van der Waals surface area contributed by atoms with Crippen molar-refractivity contribution >= 4 is 39.1 Å². The van der Waals surface area contributed by atoms with E-state index < -0.39 is 0 Å². The van der Waals surface area contributed by atoms with Gasteiger partial charge >= 0.3 is 0 Å². The topological polar surface area (TPSA) is 38.3 Å². The first-order valence-corrected chi connectivity index (χ1v) is 8.14. The maximum atomic E-state index is 12.1. The van der Waals surface area contributed by atoms with Crippen LogP contribution in [0.2, 0.25) is 5.02 Å². The van der Waals surface area contributed by atoms with Crippen LogP contribution in [-0.2, 0) is 11.2 Å². The van der Waals surface area contributed by atoms with Gasteiger partial charge in [-0.1, -0.05) is 46.6 Å². The zero-order valence-corrected chi connectivity index (χ0v) is 14.8. The van der Waals surface area contributed by atoms with Gasteiger partial charge in [-0.05, 0) is 48.7 Å². The summed E-state index contributed by atoms with van der Waals surface area (Å²) in [4.78, 5) is 12.1. The number of anilines is 1. The van der Waals surface area contributed by atoms with E-state index in [1.165, 1.54) is 0 Å². The second-order valence-electron chi connectivity index (χ2n) is 4.88. The molecule has 0 aliphatic heterocycles. The molecule has 0 unspecified atom stereocenters. The van der Waals surface area contributed by atoms with Crippen molar-refractivity contribution in [2.75, 3.05) is 11.9 Å². The Morgan fingerprint density at radius 2 is 2.05 bits per heavy atom. The molecule has 0 fully saturated rings. The number of carbonyl (C=O) groups is 1. The van der Waals surface area contributed by atoms with Crippen molar-refractivity contribution in [2.45, 2.75) is 20.3 Å². The normalized spacial score (nSPS) is 10.4. The van der Waals surface area contributed by atoms with Crippen LogP contribution in [0.4, 0.5) is 5.69 Å². The summed E-state index contributed by atoms with van der Waals surface area (Å²) in [5.41, 5.74) is 2.94. The summed E-state index contributed by atoms with van der Waals surface area (Å²) in [5.74, 6) is 0.294. The minimum Gasteiger partial charge on any atom is -0.482 e. The largest absolute Gasteiger partial charge is 0.482 e. The highest BCUT2D eigenvalue weighted by atomic mass is 79.9. The van der Waals surface area contributed by atoms with Crippen LogP contribution < -0.4 is 10.1 Å². The van der Waals surface area contributed by atoms with E-state index in [0.717, 1.165) is 27.7 Å². The molecule has 0 radical (unpaired) electrons. The van der Waals surface area contributed by atoms with Crippen molar-refractivity contribution in [1.29, 1.82) is 0 Å². The summed E-state index contributed by atoms with van der Waals surface area (Å²) in [6.45, 7) is 3.94. The maximum absolute atomic E-state index is 12.1. The lowest BCUT2D eigenvalue weighted by atomic mass is 10.1. The Balaban J connectivity index is 2.05. The second kappa shape index (κ2) is 7.65. The summed E-state index contributed by atoms with van der Waals surface area (Å²) in [6.07, 6.45) is 0.835. The summed E-state index contributed by atoms with van der Waals surface area (Å²) < 4.78 is 6.46. The number of benzene rings is 2. The fraction of sp³-hybridized carbons (Fsp3) is 0.235. The number of ether oxygens (including phenoxy) is 1. The minimum atomic E-state index is -0.208. The Labute approximate surface area is 143 Å². The second-order valence-corrected chi connectivity index (χ2v) is 6.20. The molecule has 116 valence electrons. The summed E-state index contributed by atoms with van der Waals surface area (Å²) in [5, 5.41) is 3.41. The van der Waals surface area contributed by atoms with E-state index in [9.17, 15) is 4.79 Å². The van der Waals surface area contributed by atoms with Crippen molar-refractivity contribution < 1.29 is 9.53 Å². The number of aryl methyl sites for hydroxylation is 2. The maximum Gasteiger partial charge on any atom is 0.262 e. The predicted octanol–water partition coefficient (Wildman–Crippen LogP) is 4.99. The molecule has 0 aliphatic rings. The first-order chi connectivity index (χ1) is 10.5. The number of hydrogen-bond donors (Lipinski definition) is 1. The fourth-order valence-corrected chi connectivity index (χ4v) is 2.96. The molecule has 0 atom stereocenters. The van der Waals surface area contributed by atoms with E-state index in [1.54, 1.807) is 12.1 Å². The molecule has 2 aromatic rings. The molecule has 2 aromatic carbocycles. The van der Waals surface area contributed by atoms with Gasteiger partial charge in [-0.15, -0.1) is 0 Å². The van der Waals surface area contributed by atoms with Gasteiger partial charge in [0.25, 0.3) is 5.91 Å². The van der Waals surface area contributed by atoms with Gasteiger partial charge in [0.05, 0.1) is 5.02 Å². The van der Waals surface area contributed by atoms with Crippen molar-refractivity contribution in [3.63, 3.8) is 0 Å². The molecule has 0 aromatic heterocycles. The molecule has 0 bridgehead atoms. The number of para-hydroxylation sites is 1. The van der Waals surface area contributed by atoms with Gasteiger partial charge in [0.2, 0.25) is 0 Å². The highest BCUT2D eigenvalue weighted by molar-refractivity contribution is 9.10. The smallest absolute Gasteiger partial charge is 0.262 e. The van der Waals surface area contributed by atoms with E-state index in [1.807, 2.05) is 31.2 Å². The summed E-state index contributed by atoms with van der Waals surface area (Å²) in [7, 11) is 0. The number of halogens is 2. The molecular formula is C17H17BrClNO2. The zero-order chi connectivity index (χ0) is 16.1.